The lowest BCUT2D eigenvalue weighted by Gasteiger charge is -2.37. The molecule has 0 unspecified atom stereocenters. The van der Waals surface area contributed by atoms with Crippen molar-refractivity contribution in [1.82, 2.24) is 9.80 Å². The number of benzene rings is 1. The minimum atomic E-state index is 0.695. The molecule has 3 aliphatic rings. The lowest BCUT2D eigenvalue weighted by atomic mass is 9.98. The van der Waals surface area contributed by atoms with Crippen molar-refractivity contribution < 1.29 is 4.74 Å². The molecule has 1 aromatic carbocycles. The third kappa shape index (κ3) is 3.37. The van der Waals surface area contributed by atoms with Gasteiger partial charge in [-0.05, 0) is 37.2 Å². The van der Waals surface area contributed by atoms with Gasteiger partial charge in [-0.15, -0.1) is 0 Å². The van der Waals surface area contributed by atoms with Crippen molar-refractivity contribution in [2.45, 2.75) is 37.8 Å². The van der Waals surface area contributed by atoms with Crippen LogP contribution in [0.5, 0.6) is 0 Å². The van der Waals surface area contributed by atoms with Crippen molar-refractivity contribution in [2.24, 2.45) is 5.92 Å². The molecule has 0 bridgehead atoms. The predicted molar refractivity (Wildman–Crippen MR) is 89.0 cm³/mol. The Morgan fingerprint density at radius 3 is 2.45 bits per heavy atom. The highest BCUT2D eigenvalue weighted by atomic mass is 16.5. The molecule has 0 aromatic heterocycles. The molecule has 0 radical (unpaired) electrons. The van der Waals surface area contributed by atoms with E-state index >= 15 is 0 Å². The molecule has 0 spiro atoms. The normalized spacial score (nSPS) is 30.7. The average Bonchev–Trinajstić information content (AvgIpc) is 3.31. The number of rotatable bonds is 5. The maximum absolute atomic E-state index is 5.56. The molecular weight excluding hydrogens is 272 g/mol. The van der Waals surface area contributed by atoms with Gasteiger partial charge >= 0.3 is 0 Å². The van der Waals surface area contributed by atoms with Crippen LogP contribution in [0, 0.1) is 5.92 Å². The first-order valence-corrected chi connectivity index (χ1v) is 9.00. The second-order valence-corrected chi connectivity index (χ2v) is 7.20. The fourth-order valence-corrected chi connectivity index (χ4v) is 4.21. The first-order chi connectivity index (χ1) is 10.9. The lowest BCUT2D eigenvalue weighted by Crippen LogP contribution is -2.50. The zero-order chi connectivity index (χ0) is 14.8. The monoisotopic (exact) mass is 300 g/mol. The third-order valence-electron chi connectivity index (χ3n) is 5.62. The average molecular weight is 300 g/mol. The van der Waals surface area contributed by atoms with Gasteiger partial charge in [-0.25, -0.2) is 0 Å². The minimum absolute atomic E-state index is 0.695. The second kappa shape index (κ2) is 6.69. The minimum Gasteiger partial charge on any atom is -0.379 e. The van der Waals surface area contributed by atoms with Gasteiger partial charge in [0.2, 0.25) is 0 Å². The Balaban J connectivity index is 1.48. The van der Waals surface area contributed by atoms with Crippen molar-refractivity contribution in [3.05, 3.63) is 35.9 Å². The highest BCUT2D eigenvalue weighted by Crippen LogP contribution is 2.34. The Bertz CT molecular complexity index is 468. The van der Waals surface area contributed by atoms with E-state index in [0.717, 1.165) is 38.3 Å². The molecule has 120 valence electrons. The van der Waals surface area contributed by atoms with Gasteiger partial charge < -0.3 is 4.74 Å². The van der Waals surface area contributed by atoms with Crippen LogP contribution in [0.1, 0.15) is 24.8 Å². The van der Waals surface area contributed by atoms with Gasteiger partial charge in [0.25, 0.3) is 0 Å². The van der Waals surface area contributed by atoms with Crippen molar-refractivity contribution in [1.29, 1.82) is 0 Å². The van der Waals surface area contributed by atoms with Crippen LogP contribution in [0.4, 0.5) is 0 Å². The largest absolute Gasteiger partial charge is 0.379 e. The quantitative estimate of drug-likeness (QED) is 0.830. The molecule has 22 heavy (non-hydrogen) atoms. The zero-order valence-electron chi connectivity index (χ0n) is 13.5. The molecule has 2 atom stereocenters. The number of hydrogen-bond donors (Lipinski definition) is 0. The molecular formula is C19H28N2O. The fourth-order valence-electron chi connectivity index (χ4n) is 4.21. The topological polar surface area (TPSA) is 15.7 Å². The molecule has 2 aliphatic heterocycles. The first kappa shape index (κ1) is 14.7. The van der Waals surface area contributed by atoms with Crippen LogP contribution in [0.3, 0.4) is 0 Å². The van der Waals surface area contributed by atoms with E-state index in [0.29, 0.717) is 6.04 Å². The summed E-state index contributed by atoms with van der Waals surface area (Å²) in [5.41, 5.74) is 1.49. The summed E-state index contributed by atoms with van der Waals surface area (Å²) in [5.74, 6) is 0.988. The van der Waals surface area contributed by atoms with E-state index in [1.807, 2.05) is 0 Å². The van der Waals surface area contributed by atoms with Crippen LogP contribution >= 0.6 is 0 Å². The molecule has 2 heterocycles. The van der Waals surface area contributed by atoms with Crippen LogP contribution in [0.2, 0.25) is 0 Å². The summed E-state index contributed by atoms with van der Waals surface area (Å²) in [4.78, 5) is 5.49. The van der Waals surface area contributed by atoms with E-state index in [4.69, 9.17) is 4.74 Å². The summed E-state index contributed by atoms with van der Waals surface area (Å²) >= 11 is 0. The van der Waals surface area contributed by atoms with E-state index < -0.39 is 0 Å². The van der Waals surface area contributed by atoms with Crippen molar-refractivity contribution in [2.75, 3.05) is 39.4 Å². The van der Waals surface area contributed by atoms with E-state index in [2.05, 4.69) is 40.1 Å². The zero-order valence-corrected chi connectivity index (χ0v) is 13.5. The number of morpholine rings is 1. The summed E-state index contributed by atoms with van der Waals surface area (Å²) in [6.45, 7) is 6.68. The smallest absolute Gasteiger partial charge is 0.0594 e. The molecule has 4 rings (SSSR count). The van der Waals surface area contributed by atoms with Crippen LogP contribution < -0.4 is 0 Å². The van der Waals surface area contributed by atoms with Gasteiger partial charge in [-0.2, -0.15) is 0 Å². The molecule has 0 N–H and O–H groups in total. The Kier molecular flexibility index (Phi) is 4.47. The SMILES string of the molecule is c1ccc(C[C@H]2[C@H](N3CCOCC3)CCN2CC2CC2)cc1. The third-order valence-corrected chi connectivity index (χ3v) is 5.62. The summed E-state index contributed by atoms with van der Waals surface area (Å²) in [5, 5.41) is 0. The lowest BCUT2D eigenvalue weighted by molar-refractivity contribution is 0.00811. The number of nitrogens with zero attached hydrogens (tertiary/aromatic N) is 2. The van der Waals surface area contributed by atoms with Gasteiger partial charge in [0.05, 0.1) is 13.2 Å². The number of ether oxygens (including phenoxy) is 1. The fraction of sp³-hybridized carbons (Fsp3) is 0.684. The molecule has 1 aliphatic carbocycles. The Morgan fingerprint density at radius 2 is 1.73 bits per heavy atom. The standard InChI is InChI=1S/C19H28N2O/c1-2-4-16(5-3-1)14-19-18(20-10-12-22-13-11-20)8-9-21(19)15-17-6-7-17/h1-5,17-19H,6-15H2/t18-,19+/m1/s1. The van der Waals surface area contributed by atoms with Crippen molar-refractivity contribution in [3.8, 4) is 0 Å². The van der Waals surface area contributed by atoms with Crippen LogP contribution in [0.25, 0.3) is 0 Å². The highest BCUT2D eigenvalue weighted by molar-refractivity contribution is 5.17. The Labute approximate surface area is 134 Å². The summed E-state index contributed by atoms with van der Waals surface area (Å²) in [6.07, 6.45) is 5.45. The molecule has 3 fully saturated rings. The first-order valence-electron chi connectivity index (χ1n) is 9.00. The van der Waals surface area contributed by atoms with E-state index in [1.165, 1.54) is 44.3 Å². The van der Waals surface area contributed by atoms with Crippen LogP contribution in [-0.2, 0) is 11.2 Å². The maximum Gasteiger partial charge on any atom is 0.0594 e. The molecule has 0 amide bonds. The summed E-state index contributed by atoms with van der Waals surface area (Å²) in [7, 11) is 0. The van der Waals surface area contributed by atoms with Crippen molar-refractivity contribution >= 4 is 0 Å². The van der Waals surface area contributed by atoms with E-state index in [1.54, 1.807) is 0 Å². The van der Waals surface area contributed by atoms with Gasteiger partial charge in [0, 0.05) is 38.3 Å². The van der Waals surface area contributed by atoms with E-state index in [-0.39, 0.29) is 0 Å². The second-order valence-electron chi connectivity index (χ2n) is 7.20. The van der Waals surface area contributed by atoms with Gasteiger partial charge in [0.15, 0.2) is 0 Å². The van der Waals surface area contributed by atoms with Gasteiger partial charge in [0.1, 0.15) is 0 Å². The predicted octanol–water partition coefficient (Wildman–Crippen LogP) is 2.41. The maximum atomic E-state index is 5.56. The van der Waals surface area contributed by atoms with E-state index in [9.17, 15) is 0 Å². The summed E-state index contributed by atoms with van der Waals surface area (Å²) < 4.78 is 5.56. The Hall–Kier alpha value is -0.900. The molecule has 3 heteroatoms. The molecule has 1 saturated carbocycles. The summed E-state index contributed by atoms with van der Waals surface area (Å²) in [6, 6.07) is 12.5. The van der Waals surface area contributed by atoms with Gasteiger partial charge in [-0.3, -0.25) is 9.80 Å². The molecule has 1 aromatic rings. The van der Waals surface area contributed by atoms with Crippen LogP contribution in [0.15, 0.2) is 30.3 Å². The van der Waals surface area contributed by atoms with Crippen LogP contribution in [-0.4, -0.2) is 61.3 Å². The highest BCUT2D eigenvalue weighted by Gasteiger charge is 2.40. The molecule has 3 nitrogen and oxygen atoms in total. The Morgan fingerprint density at radius 1 is 0.955 bits per heavy atom. The van der Waals surface area contributed by atoms with Gasteiger partial charge in [-0.1, -0.05) is 30.3 Å². The molecule has 2 saturated heterocycles. The number of hydrogen-bond acceptors (Lipinski definition) is 3. The number of likely N-dealkylation sites (tertiary alicyclic amines) is 1. The van der Waals surface area contributed by atoms with Crippen molar-refractivity contribution in [3.63, 3.8) is 0 Å².